The number of nitrogens with one attached hydrogen (secondary N) is 1. The lowest BCUT2D eigenvalue weighted by Gasteiger charge is -2.31. The standard InChI is InChI=1S/C26H36N2O2/c1-5-21-12-14-23(15-13-21)16-17-25(29)28(19-18-22-10-8-7-9-11-22)24(6-2)26(30)27-20(3)4/h7-15,20,24H,5-6,16-19H2,1-4H3,(H,27,30)/t24-/m0/s1. The molecule has 0 unspecified atom stereocenters. The van der Waals surface area contributed by atoms with Crippen molar-refractivity contribution in [1.82, 2.24) is 10.2 Å². The molecule has 0 heterocycles. The van der Waals surface area contributed by atoms with Gasteiger partial charge in [0.15, 0.2) is 0 Å². The van der Waals surface area contributed by atoms with Crippen LogP contribution in [-0.4, -0.2) is 35.3 Å². The summed E-state index contributed by atoms with van der Waals surface area (Å²) in [6.07, 6.45) is 3.45. The van der Waals surface area contributed by atoms with E-state index in [1.165, 1.54) is 11.1 Å². The van der Waals surface area contributed by atoms with Gasteiger partial charge in [0.2, 0.25) is 11.8 Å². The van der Waals surface area contributed by atoms with E-state index >= 15 is 0 Å². The van der Waals surface area contributed by atoms with E-state index < -0.39 is 6.04 Å². The molecule has 0 saturated heterocycles. The van der Waals surface area contributed by atoms with Crippen LogP contribution in [0.1, 0.15) is 57.2 Å². The molecular formula is C26H36N2O2. The van der Waals surface area contributed by atoms with Gasteiger partial charge >= 0.3 is 0 Å². The van der Waals surface area contributed by atoms with Crippen molar-refractivity contribution in [2.45, 2.75) is 71.9 Å². The van der Waals surface area contributed by atoms with Gasteiger partial charge in [-0.2, -0.15) is 0 Å². The second-order valence-corrected chi connectivity index (χ2v) is 8.08. The highest BCUT2D eigenvalue weighted by Crippen LogP contribution is 2.14. The molecule has 4 nitrogen and oxygen atoms in total. The third-order valence-corrected chi connectivity index (χ3v) is 5.36. The summed E-state index contributed by atoms with van der Waals surface area (Å²) in [5.41, 5.74) is 3.62. The monoisotopic (exact) mass is 408 g/mol. The molecular weight excluding hydrogens is 372 g/mol. The molecule has 1 atom stereocenters. The molecule has 4 heteroatoms. The van der Waals surface area contributed by atoms with Gasteiger partial charge in [-0.3, -0.25) is 9.59 Å². The number of nitrogens with zero attached hydrogens (tertiary/aromatic N) is 1. The summed E-state index contributed by atoms with van der Waals surface area (Å²) in [4.78, 5) is 27.8. The highest BCUT2D eigenvalue weighted by Gasteiger charge is 2.28. The third kappa shape index (κ3) is 7.33. The molecule has 0 radical (unpaired) electrons. The van der Waals surface area contributed by atoms with Crippen LogP contribution in [-0.2, 0) is 28.9 Å². The number of hydrogen-bond acceptors (Lipinski definition) is 2. The first-order valence-corrected chi connectivity index (χ1v) is 11.2. The van der Waals surface area contributed by atoms with Crippen LogP contribution in [0.4, 0.5) is 0 Å². The Balaban J connectivity index is 2.10. The summed E-state index contributed by atoms with van der Waals surface area (Å²) in [5.74, 6) is -0.0301. The summed E-state index contributed by atoms with van der Waals surface area (Å²) < 4.78 is 0. The van der Waals surface area contributed by atoms with Gasteiger partial charge in [0.05, 0.1) is 0 Å². The summed E-state index contributed by atoms with van der Waals surface area (Å²) in [7, 11) is 0. The molecule has 0 fully saturated rings. The zero-order valence-electron chi connectivity index (χ0n) is 18.9. The third-order valence-electron chi connectivity index (χ3n) is 5.36. The molecule has 2 rings (SSSR count). The number of amides is 2. The minimum atomic E-state index is -0.439. The number of carbonyl (C=O) groups excluding carboxylic acids is 2. The van der Waals surface area contributed by atoms with E-state index in [-0.39, 0.29) is 17.9 Å². The van der Waals surface area contributed by atoms with Crippen LogP contribution in [0.3, 0.4) is 0 Å². The Kier molecular flexibility index (Phi) is 9.59. The number of carbonyl (C=O) groups is 2. The Morgan fingerprint density at radius 3 is 2.03 bits per heavy atom. The summed E-state index contributed by atoms with van der Waals surface area (Å²) >= 11 is 0. The largest absolute Gasteiger partial charge is 0.352 e. The molecule has 0 aliphatic carbocycles. The summed E-state index contributed by atoms with van der Waals surface area (Å²) in [6, 6.07) is 18.2. The van der Waals surface area contributed by atoms with Crippen molar-refractivity contribution in [2.75, 3.05) is 6.54 Å². The lowest BCUT2D eigenvalue weighted by Crippen LogP contribution is -2.51. The first-order chi connectivity index (χ1) is 14.4. The van der Waals surface area contributed by atoms with Crippen molar-refractivity contribution in [2.24, 2.45) is 0 Å². The maximum Gasteiger partial charge on any atom is 0.242 e. The van der Waals surface area contributed by atoms with Gasteiger partial charge in [-0.05, 0) is 56.2 Å². The molecule has 2 aromatic carbocycles. The lowest BCUT2D eigenvalue weighted by atomic mass is 10.0. The smallest absolute Gasteiger partial charge is 0.242 e. The topological polar surface area (TPSA) is 49.4 Å². The van der Waals surface area contributed by atoms with Crippen LogP contribution >= 0.6 is 0 Å². The fourth-order valence-electron chi connectivity index (χ4n) is 3.61. The molecule has 162 valence electrons. The zero-order chi connectivity index (χ0) is 21.9. The van der Waals surface area contributed by atoms with Gasteiger partial charge < -0.3 is 10.2 Å². The number of aryl methyl sites for hydroxylation is 2. The van der Waals surface area contributed by atoms with Crippen LogP contribution in [0.15, 0.2) is 54.6 Å². The van der Waals surface area contributed by atoms with E-state index in [0.29, 0.717) is 25.8 Å². The van der Waals surface area contributed by atoms with Crippen molar-refractivity contribution in [3.05, 3.63) is 71.3 Å². The Morgan fingerprint density at radius 1 is 0.867 bits per heavy atom. The maximum atomic E-state index is 13.2. The van der Waals surface area contributed by atoms with Crippen molar-refractivity contribution in [1.29, 1.82) is 0 Å². The van der Waals surface area contributed by atoms with Gasteiger partial charge in [-0.15, -0.1) is 0 Å². The molecule has 0 aliphatic heterocycles. The zero-order valence-corrected chi connectivity index (χ0v) is 18.9. The fourth-order valence-corrected chi connectivity index (χ4v) is 3.61. The van der Waals surface area contributed by atoms with Crippen LogP contribution in [0.5, 0.6) is 0 Å². The van der Waals surface area contributed by atoms with Gasteiger partial charge in [0, 0.05) is 19.0 Å². The minimum Gasteiger partial charge on any atom is -0.352 e. The average molecular weight is 409 g/mol. The second kappa shape index (κ2) is 12.2. The van der Waals surface area contributed by atoms with Crippen LogP contribution in [0.25, 0.3) is 0 Å². The molecule has 2 amide bonds. The maximum absolute atomic E-state index is 13.2. The second-order valence-electron chi connectivity index (χ2n) is 8.08. The van der Waals surface area contributed by atoms with Crippen molar-refractivity contribution in [3.8, 4) is 0 Å². The molecule has 2 aromatic rings. The van der Waals surface area contributed by atoms with E-state index in [9.17, 15) is 9.59 Å². The fraction of sp³-hybridized carbons (Fsp3) is 0.462. The van der Waals surface area contributed by atoms with E-state index in [1.807, 2.05) is 39.0 Å². The molecule has 30 heavy (non-hydrogen) atoms. The predicted octanol–water partition coefficient (Wildman–Crippen LogP) is 4.56. The number of hydrogen-bond donors (Lipinski definition) is 1. The highest BCUT2D eigenvalue weighted by atomic mass is 16.2. The Morgan fingerprint density at radius 2 is 1.47 bits per heavy atom. The van der Waals surface area contributed by atoms with E-state index in [2.05, 4.69) is 48.6 Å². The molecule has 1 N–H and O–H groups in total. The predicted molar refractivity (Wildman–Crippen MR) is 123 cm³/mol. The van der Waals surface area contributed by atoms with Gasteiger partial charge in [-0.1, -0.05) is 68.4 Å². The number of benzene rings is 2. The molecule has 0 spiro atoms. The van der Waals surface area contributed by atoms with Crippen LogP contribution < -0.4 is 5.32 Å². The molecule has 0 bridgehead atoms. The molecule has 0 aromatic heterocycles. The Hall–Kier alpha value is -2.62. The van der Waals surface area contributed by atoms with Crippen LogP contribution in [0.2, 0.25) is 0 Å². The van der Waals surface area contributed by atoms with Gasteiger partial charge in [0.25, 0.3) is 0 Å². The lowest BCUT2D eigenvalue weighted by molar-refractivity contribution is -0.140. The van der Waals surface area contributed by atoms with Crippen molar-refractivity contribution < 1.29 is 9.59 Å². The molecule has 0 saturated carbocycles. The van der Waals surface area contributed by atoms with Crippen LogP contribution in [0, 0.1) is 0 Å². The normalized spacial score (nSPS) is 11.9. The van der Waals surface area contributed by atoms with Crippen molar-refractivity contribution in [3.63, 3.8) is 0 Å². The minimum absolute atomic E-state index is 0.0382. The first kappa shape index (κ1) is 23.7. The quantitative estimate of drug-likeness (QED) is 0.593. The van der Waals surface area contributed by atoms with Gasteiger partial charge in [-0.25, -0.2) is 0 Å². The molecule has 0 aliphatic rings. The highest BCUT2D eigenvalue weighted by molar-refractivity contribution is 5.87. The SMILES string of the molecule is CCc1ccc(CCC(=O)N(CCc2ccccc2)[C@@H](CC)C(=O)NC(C)C)cc1. The Bertz CT molecular complexity index is 784. The van der Waals surface area contributed by atoms with Gasteiger partial charge in [0.1, 0.15) is 6.04 Å². The Labute approximate surface area is 181 Å². The van der Waals surface area contributed by atoms with E-state index in [0.717, 1.165) is 18.4 Å². The first-order valence-electron chi connectivity index (χ1n) is 11.2. The summed E-state index contributed by atoms with van der Waals surface area (Å²) in [6.45, 7) is 8.54. The average Bonchev–Trinajstić information content (AvgIpc) is 2.75. The van der Waals surface area contributed by atoms with E-state index in [1.54, 1.807) is 4.90 Å². The van der Waals surface area contributed by atoms with Crippen molar-refractivity contribution >= 4 is 11.8 Å². The number of rotatable bonds is 11. The van der Waals surface area contributed by atoms with E-state index in [4.69, 9.17) is 0 Å². The summed E-state index contributed by atoms with van der Waals surface area (Å²) in [5, 5.41) is 2.98.